The highest BCUT2D eigenvalue weighted by molar-refractivity contribution is 5.77. The van der Waals surface area contributed by atoms with E-state index in [2.05, 4.69) is 5.32 Å². The molecule has 1 amide bonds. The predicted molar refractivity (Wildman–Crippen MR) is 66.1 cm³/mol. The van der Waals surface area contributed by atoms with Crippen molar-refractivity contribution in [3.63, 3.8) is 0 Å². The van der Waals surface area contributed by atoms with Gasteiger partial charge in [-0.15, -0.1) is 0 Å². The highest BCUT2D eigenvalue weighted by Gasteiger charge is 2.21. The number of nitrogens with one attached hydrogen (secondary N) is 1. The van der Waals surface area contributed by atoms with Crippen molar-refractivity contribution in [1.29, 1.82) is 0 Å². The fourth-order valence-corrected chi connectivity index (χ4v) is 1.61. The van der Waals surface area contributed by atoms with Crippen LogP contribution in [0.4, 0.5) is 0 Å². The zero-order chi connectivity index (χ0) is 13.6. The Morgan fingerprint density at radius 3 is 2.67 bits per heavy atom. The molecule has 0 aliphatic heterocycles. The van der Waals surface area contributed by atoms with Gasteiger partial charge in [0.15, 0.2) is 0 Å². The molecule has 0 atom stereocenters. The Bertz CT molecular complexity index is 395. The standard InChI is InChI=1S/C13H19NO4/c1-13(2,8-7-12(16)17)14-11(15)6-5-10-4-3-9-18-10/h3-4,9H,5-8H2,1-2H3,(H,14,15)(H,16,17). The Labute approximate surface area is 106 Å². The topological polar surface area (TPSA) is 79.5 Å². The van der Waals surface area contributed by atoms with Crippen molar-refractivity contribution in [2.75, 3.05) is 0 Å². The molecule has 5 heteroatoms. The largest absolute Gasteiger partial charge is 0.481 e. The van der Waals surface area contributed by atoms with Crippen LogP contribution >= 0.6 is 0 Å². The van der Waals surface area contributed by atoms with E-state index in [9.17, 15) is 9.59 Å². The number of hydrogen-bond acceptors (Lipinski definition) is 3. The Morgan fingerprint density at radius 1 is 1.39 bits per heavy atom. The molecule has 1 aromatic rings. The normalized spacial score (nSPS) is 11.2. The second-order valence-corrected chi connectivity index (χ2v) is 4.91. The van der Waals surface area contributed by atoms with Crippen molar-refractivity contribution >= 4 is 11.9 Å². The summed E-state index contributed by atoms with van der Waals surface area (Å²) in [4.78, 5) is 22.2. The second kappa shape index (κ2) is 6.23. The highest BCUT2D eigenvalue weighted by Crippen LogP contribution is 2.12. The van der Waals surface area contributed by atoms with E-state index in [-0.39, 0.29) is 12.3 Å². The third-order valence-electron chi connectivity index (χ3n) is 2.62. The minimum absolute atomic E-state index is 0.0471. The summed E-state index contributed by atoms with van der Waals surface area (Å²) in [7, 11) is 0. The van der Waals surface area contributed by atoms with Crippen molar-refractivity contribution in [2.45, 2.75) is 45.1 Å². The van der Waals surface area contributed by atoms with Crippen LogP contribution in [0.2, 0.25) is 0 Å². The van der Waals surface area contributed by atoms with E-state index < -0.39 is 11.5 Å². The van der Waals surface area contributed by atoms with Gasteiger partial charge in [-0.2, -0.15) is 0 Å². The first-order valence-corrected chi connectivity index (χ1v) is 5.94. The number of aryl methyl sites for hydroxylation is 1. The fraction of sp³-hybridized carbons (Fsp3) is 0.538. The van der Waals surface area contributed by atoms with Gasteiger partial charge in [-0.05, 0) is 32.4 Å². The van der Waals surface area contributed by atoms with Gasteiger partial charge in [0.25, 0.3) is 0 Å². The van der Waals surface area contributed by atoms with E-state index in [1.807, 2.05) is 19.9 Å². The molecule has 1 heterocycles. The van der Waals surface area contributed by atoms with Gasteiger partial charge in [0.2, 0.25) is 5.91 Å². The van der Waals surface area contributed by atoms with Gasteiger partial charge >= 0.3 is 5.97 Å². The van der Waals surface area contributed by atoms with E-state index in [0.717, 1.165) is 5.76 Å². The first-order chi connectivity index (χ1) is 8.39. The summed E-state index contributed by atoms with van der Waals surface area (Å²) in [6, 6.07) is 3.60. The molecule has 1 rings (SSSR count). The molecule has 100 valence electrons. The van der Waals surface area contributed by atoms with Crippen LogP contribution < -0.4 is 5.32 Å². The molecule has 2 N–H and O–H groups in total. The summed E-state index contributed by atoms with van der Waals surface area (Å²) >= 11 is 0. The molecule has 0 bridgehead atoms. The summed E-state index contributed by atoms with van der Waals surface area (Å²) < 4.78 is 5.14. The number of carbonyl (C=O) groups excluding carboxylic acids is 1. The molecule has 0 aliphatic carbocycles. The Balaban J connectivity index is 2.31. The van der Waals surface area contributed by atoms with Crippen LogP contribution in [0.1, 0.15) is 38.9 Å². The van der Waals surface area contributed by atoms with Gasteiger partial charge in [0.05, 0.1) is 6.26 Å². The Morgan fingerprint density at radius 2 is 2.11 bits per heavy atom. The van der Waals surface area contributed by atoms with Gasteiger partial charge in [-0.1, -0.05) is 0 Å². The molecule has 1 aromatic heterocycles. The molecule has 0 aliphatic rings. The van der Waals surface area contributed by atoms with Crippen LogP contribution in [0.15, 0.2) is 22.8 Å². The molecule has 0 unspecified atom stereocenters. The maximum atomic E-state index is 11.7. The van der Waals surface area contributed by atoms with E-state index in [4.69, 9.17) is 9.52 Å². The lowest BCUT2D eigenvalue weighted by Crippen LogP contribution is -2.43. The summed E-state index contributed by atoms with van der Waals surface area (Å²) in [6.45, 7) is 3.64. The monoisotopic (exact) mass is 253 g/mol. The average Bonchev–Trinajstić information content (AvgIpc) is 2.76. The molecule has 0 radical (unpaired) electrons. The van der Waals surface area contributed by atoms with Gasteiger partial charge < -0.3 is 14.8 Å². The van der Waals surface area contributed by atoms with Crippen LogP contribution in [-0.2, 0) is 16.0 Å². The number of amides is 1. The number of carboxylic acids is 1. The number of carboxylic acid groups (broad SMARTS) is 1. The third kappa shape index (κ3) is 5.52. The summed E-state index contributed by atoms with van der Waals surface area (Å²) in [6.07, 6.45) is 2.92. The molecule has 18 heavy (non-hydrogen) atoms. The second-order valence-electron chi connectivity index (χ2n) is 4.91. The van der Waals surface area contributed by atoms with Crippen LogP contribution in [0.3, 0.4) is 0 Å². The summed E-state index contributed by atoms with van der Waals surface area (Å²) in [5.41, 5.74) is -0.501. The first kappa shape index (κ1) is 14.3. The smallest absolute Gasteiger partial charge is 0.303 e. The van der Waals surface area contributed by atoms with E-state index in [0.29, 0.717) is 19.3 Å². The predicted octanol–water partition coefficient (Wildman–Crippen LogP) is 1.97. The molecule has 0 saturated heterocycles. The molecule has 5 nitrogen and oxygen atoms in total. The maximum absolute atomic E-state index is 11.7. The van der Waals surface area contributed by atoms with Gasteiger partial charge in [-0.3, -0.25) is 9.59 Å². The zero-order valence-corrected chi connectivity index (χ0v) is 10.7. The first-order valence-electron chi connectivity index (χ1n) is 5.94. The number of rotatable bonds is 7. The van der Waals surface area contributed by atoms with E-state index in [1.165, 1.54) is 0 Å². The minimum atomic E-state index is -0.854. The van der Waals surface area contributed by atoms with Gasteiger partial charge in [-0.25, -0.2) is 0 Å². The Hall–Kier alpha value is -1.78. The van der Waals surface area contributed by atoms with Crippen molar-refractivity contribution in [3.8, 4) is 0 Å². The number of furan rings is 1. The Kier molecular flexibility index (Phi) is 4.95. The third-order valence-corrected chi connectivity index (χ3v) is 2.62. The number of hydrogen-bond donors (Lipinski definition) is 2. The fourth-order valence-electron chi connectivity index (χ4n) is 1.61. The molecule has 0 spiro atoms. The van der Waals surface area contributed by atoms with Crippen LogP contribution in [0.5, 0.6) is 0 Å². The zero-order valence-electron chi connectivity index (χ0n) is 10.7. The summed E-state index contributed by atoms with van der Waals surface area (Å²) in [5.74, 6) is -0.178. The molecular formula is C13H19NO4. The highest BCUT2D eigenvalue weighted by atomic mass is 16.4. The quantitative estimate of drug-likeness (QED) is 0.778. The van der Waals surface area contributed by atoms with E-state index in [1.54, 1.807) is 12.3 Å². The van der Waals surface area contributed by atoms with Crippen molar-refractivity contribution in [2.24, 2.45) is 0 Å². The molecule has 0 aromatic carbocycles. The molecule has 0 fully saturated rings. The van der Waals surface area contributed by atoms with Crippen LogP contribution in [0.25, 0.3) is 0 Å². The van der Waals surface area contributed by atoms with E-state index >= 15 is 0 Å². The lowest BCUT2D eigenvalue weighted by molar-refractivity contribution is -0.137. The SMILES string of the molecule is CC(C)(CCC(=O)O)NC(=O)CCc1ccco1. The average molecular weight is 253 g/mol. The number of carbonyl (C=O) groups is 2. The lowest BCUT2D eigenvalue weighted by Gasteiger charge is -2.25. The lowest BCUT2D eigenvalue weighted by atomic mass is 9.98. The van der Waals surface area contributed by atoms with Crippen molar-refractivity contribution < 1.29 is 19.1 Å². The van der Waals surface area contributed by atoms with Crippen molar-refractivity contribution in [3.05, 3.63) is 24.2 Å². The van der Waals surface area contributed by atoms with Gasteiger partial charge in [0, 0.05) is 24.8 Å². The summed E-state index contributed by atoms with van der Waals surface area (Å²) in [5, 5.41) is 11.4. The molecule has 0 saturated carbocycles. The van der Waals surface area contributed by atoms with Crippen LogP contribution in [0, 0.1) is 0 Å². The number of aliphatic carboxylic acids is 1. The van der Waals surface area contributed by atoms with Gasteiger partial charge in [0.1, 0.15) is 5.76 Å². The minimum Gasteiger partial charge on any atom is -0.481 e. The van der Waals surface area contributed by atoms with Crippen molar-refractivity contribution in [1.82, 2.24) is 5.32 Å². The maximum Gasteiger partial charge on any atom is 0.303 e. The molecular weight excluding hydrogens is 234 g/mol. The van der Waals surface area contributed by atoms with Crippen LogP contribution in [-0.4, -0.2) is 22.5 Å².